The summed E-state index contributed by atoms with van der Waals surface area (Å²) in [5.74, 6) is -0.434. The largest absolute Gasteiger partial charge is 0.345 e. The van der Waals surface area contributed by atoms with E-state index < -0.39 is 6.04 Å². The second kappa shape index (κ2) is 5.48. The maximum absolute atomic E-state index is 11.7. The van der Waals surface area contributed by atoms with Gasteiger partial charge >= 0.3 is 0 Å². The van der Waals surface area contributed by atoms with E-state index in [2.05, 4.69) is 10.6 Å². The van der Waals surface area contributed by atoms with Crippen molar-refractivity contribution in [3.05, 3.63) is 29.3 Å². The van der Waals surface area contributed by atoms with E-state index in [0.717, 1.165) is 11.3 Å². The zero-order valence-electron chi connectivity index (χ0n) is 10.6. The van der Waals surface area contributed by atoms with Gasteiger partial charge in [-0.15, -0.1) is 0 Å². The molecule has 2 amide bonds. The van der Waals surface area contributed by atoms with E-state index in [9.17, 15) is 9.59 Å². The van der Waals surface area contributed by atoms with E-state index in [-0.39, 0.29) is 11.8 Å². The Balaban J connectivity index is 2.67. The number of amides is 2. The molecule has 2 N–H and O–H groups in total. The molecule has 4 nitrogen and oxygen atoms in total. The van der Waals surface area contributed by atoms with E-state index in [1.165, 1.54) is 12.5 Å². The number of nitrogens with one attached hydrogen (secondary N) is 2. The smallest absolute Gasteiger partial charge is 0.246 e. The summed E-state index contributed by atoms with van der Waals surface area (Å²) >= 11 is 0. The van der Waals surface area contributed by atoms with Gasteiger partial charge in [0.05, 0.1) is 0 Å². The molecule has 0 radical (unpaired) electrons. The quantitative estimate of drug-likeness (QED) is 0.837. The second-order valence-corrected chi connectivity index (χ2v) is 4.21. The Morgan fingerprint density at radius 3 is 2.35 bits per heavy atom. The van der Waals surface area contributed by atoms with Crippen LogP contribution in [0.5, 0.6) is 0 Å². The zero-order valence-corrected chi connectivity index (χ0v) is 10.6. The van der Waals surface area contributed by atoms with Gasteiger partial charge in [-0.3, -0.25) is 9.59 Å². The van der Waals surface area contributed by atoms with Crippen LogP contribution in [0.1, 0.15) is 25.0 Å². The van der Waals surface area contributed by atoms with Crippen molar-refractivity contribution in [1.82, 2.24) is 5.32 Å². The second-order valence-electron chi connectivity index (χ2n) is 4.21. The van der Waals surface area contributed by atoms with Crippen molar-refractivity contribution < 1.29 is 9.59 Å². The first kappa shape index (κ1) is 13.2. The first-order chi connectivity index (χ1) is 7.90. The number of carbonyl (C=O) groups excluding carboxylic acids is 2. The average Bonchev–Trinajstić information content (AvgIpc) is 2.22. The molecule has 1 unspecified atom stereocenters. The van der Waals surface area contributed by atoms with E-state index in [1.54, 1.807) is 6.92 Å². The first-order valence-corrected chi connectivity index (χ1v) is 5.55. The van der Waals surface area contributed by atoms with Crippen LogP contribution in [0.2, 0.25) is 0 Å². The number of carbonyl (C=O) groups is 2. The van der Waals surface area contributed by atoms with Crippen molar-refractivity contribution in [3.8, 4) is 0 Å². The molecular weight excluding hydrogens is 216 g/mol. The van der Waals surface area contributed by atoms with Gasteiger partial charge in [-0.2, -0.15) is 0 Å². The molecule has 0 heterocycles. The van der Waals surface area contributed by atoms with Crippen LogP contribution in [0.15, 0.2) is 18.2 Å². The normalized spacial score (nSPS) is 11.8. The van der Waals surface area contributed by atoms with Gasteiger partial charge in [-0.25, -0.2) is 0 Å². The van der Waals surface area contributed by atoms with Gasteiger partial charge in [0.1, 0.15) is 6.04 Å². The van der Waals surface area contributed by atoms with Crippen LogP contribution >= 0.6 is 0 Å². The molecule has 1 rings (SSSR count). The summed E-state index contributed by atoms with van der Waals surface area (Å²) in [6.45, 7) is 7.04. The zero-order chi connectivity index (χ0) is 13.0. The molecule has 1 atom stereocenters. The Morgan fingerprint density at radius 1 is 1.18 bits per heavy atom. The summed E-state index contributed by atoms with van der Waals surface area (Å²) < 4.78 is 0. The highest BCUT2D eigenvalue weighted by Crippen LogP contribution is 2.14. The number of aryl methyl sites for hydroxylation is 2. The topological polar surface area (TPSA) is 58.2 Å². The van der Waals surface area contributed by atoms with Crippen molar-refractivity contribution in [2.24, 2.45) is 0 Å². The maximum Gasteiger partial charge on any atom is 0.246 e. The Kier molecular flexibility index (Phi) is 4.26. The molecule has 0 aromatic heterocycles. The lowest BCUT2D eigenvalue weighted by molar-refractivity contribution is -0.124. The first-order valence-electron chi connectivity index (χ1n) is 5.55. The molecular formula is C13H18N2O2. The fourth-order valence-electron chi connectivity index (χ4n) is 1.44. The molecule has 0 spiro atoms. The van der Waals surface area contributed by atoms with Crippen molar-refractivity contribution in [3.63, 3.8) is 0 Å². The average molecular weight is 234 g/mol. The molecule has 0 fully saturated rings. The fourth-order valence-corrected chi connectivity index (χ4v) is 1.44. The van der Waals surface area contributed by atoms with Gasteiger partial charge in [0.25, 0.3) is 0 Å². The van der Waals surface area contributed by atoms with E-state index in [0.29, 0.717) is 0 Å². The SMILES string of the molecule is CC(=O)NC(C)C(=O)Nc1ccc(C)c(C)c1. The third-order valence-corrected chi connectivity index (χ3v) is 2.59. The van der Waals surface area contributed by atoms with Crippen LogP contribution in [-0.2, 0) is 9.59 Å². The lowest BCUT2D eigenvalue weighted by Gasteiger charge is -2.13. The molecule has 0 aliphatic carbocycles. The van der Waals surface area contributed by atoms with Gasteiger partial charge in [0.15, 0.2) is 0 Å². The van der Waals surface area contributed by atoms with E-state index >= 15 is 0 Å². The van der Waals surface area contributed by atoms with Gasteiger partial charge in [-0.1, -0.05) is 6.07 Å². The van der Waals surface area contributed by atoms with Crippen LogP contribution in [-0.4, -0.2) is 17.9 Å². The predicted octanol–water partition coefficient (Wildman–Crippen LogP) is 1.77. The monoisotopic (exact) mass is 234 g/mol. The van der Waals surface area contributed by atoms with Gasteiger partial charge in [-0.05, 0) is 44.0 Å². The fraction of sp³-hybridized carbons (Fsp3) is 0.385. The van der Waals surface area contributed by atoms with Crippen LogP contribution in [0, 0.1) is 13.8 Å². The van der Waals surface area contributed by atoms with Crippen molar-refractivity contribution >= 4 is 17.5 Å². The molecule has 92 valence electrons. The highest BCUT2D eigenvalue weighted by atomic mass is 16.2. The molecule has 17 heavy (non-hydrogen) atoms. The maximum atomic E-state index is 11.7. The molecule has 0 saturated heterocycles. The van der Waals surface area contributed by atoms with Crippen LogP contribution in [0.25, 0.3) is 0 Å². The van der Waals surface area contributed by atoms with Gasteiger partial charge in [0.2, 0.25) is 11.8 Å². The van der Waals surface area contributed by atoms with Gasteiger partial charge in [0, 0.05) is 12.6 Å². The number of rotatable bonds is 3. The molecule has 0 aliphatic heterocycles. The third-order valence-electron chi connectivity index (χ3n) is 2.59. The summed E-state index contributed by atoms with van der Waals surface area (Å²) in [5, 5.41) is 5.30. The Bertz CT molecular complexity index is 441. The van der Waals surface area contributed by atoms with Crippen molar-refractivity contribution in [2.45, 2.75) is 33.7 Å². The van der Waals surface area contributed by atoms with E-state index in [1.807, 2.05) is 32.0 Å². The minimum atomic E-state index is -0.533. The van der Waals surface area contributed by atoms with Gasteiger partial charge < -0.3 is 10.6 Å². The minimum absolute atomic E-state index is 0.215. The summed E-state index contributed by atoms with van der Waals surface area (Å²) in [6.07, 6.45) is 0. The molecule has 0 saturated carbocycles. The van der Waals surface area contributed by atoms with Crippen LogP contribution < -0.4 is 10.6 Å². The van der Waals surface area contributed by atoms with Crippen LogP contribution in [0.3, 0.4) is 0 Å². The van der Waals surface area contributed by atoms with Crippen molar-refractivity contribution in [2.75, 3.05) is 5.32 Å². The summed E-state index contributed by atoms with van der Waals surface area (Å²) in [6, 6.07) is 5.18. The van der Waals surface area contributed by atoms with Crippen LogP contribution in [0.4, 0.5) is 5.69 Å². The summed E-state index contributed by atoms with van der Waals surface area (Å²) in [4.78, 5) is 22.5. The predicted molar refractivity (Wildman–Crippen MR) is 67.8 cm³/mol. The number of hydrogen-bond donors (Lipinski definition) is 2. The lowest BCUT2D eigenvalue weighted by atomic mass is 10.1. The lowest BCUT2D eigenvalue weighted by Crippen LogP contribution is -2.40. The molecule has 0 bridgehead atoms. The Labute approximate surface area is 101 Å². The van der Waals surface area contributed by atoms with E-state index in [4.69, 9.17) is 0 Å². The minimum Gasteiger partial charge on any atom is -0.345 e. The molecule has 4 heteroatoms. The molecule has 0 aliphatic rings. The molecule has 1 aromatic carbocycles. The highest BCUT2D eigenvalue weighted by Gasteiger charge is 2.13. The Hall–Kier alpha value is -1.84. The standard InChI is InChI=1S/C13H18N2O2/c1-8-5-6-12(7-9(8)2)15-13(17)10(3)14-11(4)16/h5-7,10H,1-4H3,(H,14,16)(H,15,17). The summed E-state index contributed by atoms with van der Waals surface area (Å²) in [5.41, 5.74) is 3.04. The number of hydrogen-bond acceptors (Lipinski definition) is 2. The van der Waals surface area contributed by atoms with Crippen molar-refractivity contribution in [1.29, 1.82) is 0 Å². The Morgan fingerprint density at radius 2 is 1.82 bits per heavy atom. The highest BCUT2D eigenvalue weighted by molar-refractivity contribution is 5.96. The molecule has 1 aromatic rings. The summed E-state index contributed by atoms with van der Waals surface area (Å²) in [7, 11) is 0. The third kappa shape index (κ3) is 3.90. The number of anilines is 1. The number of benzene rings is 1.